The van der Waals surface area contributed by atoms with E-state index in [1.165, 1.54) is 5.56 Å². The zero-order chi connectivity index (χ0) is 18.6. The average Bonchev–Trinajstić information content (AvgIpc) is 2.71. The van der Waals surface area contributed by atoms with E-state index in [-0.39, 0.29) is 12.1 Å². The van der Waals surface area contributed by atoms with Crippen LogP contribution in [-0.4, -0.2) is 47.3 Å². The highest BCUT2D eigenvalue weighted by molar-refractivity contribution is 7.98. The van der Waals surface area contributed by atoms with Crippen molar-refractivity contribution in [3.63, 3.8) is 0 Å². The molecule has 2 bridgehead atoms. The van der Waals surface area contributed by atoms with Gasteiger partial charge in [0.15, 0.2) is 0 Å². The van der Waals surface area contributed by atoms with Crippen molar-refractivity contribution in [2.24, 2.45) is 5.92 Å². The Morgan fingerprint density at radius 1 is 1.22 bits per heavy atom. The molecular weight excluding hydrogens is 356 g/mol. The molecule has 6 heteroatoms. The highest BCUT2D eigenvalue weighted by atomic mass is 32.2. The molecule has 0 aliphatic carbocycles. The Balaban J connectivity index is 1.47. The fourth-order valence-corrected chi connectivity index (χ4v) is 4.99. The summed E-state index contributed by atoms with van der Waals surface area (Å²) in [5.74, 6) is 0.554. The lowest BCUT2D eigenvalue weighted by molar-refractivity contribution is 0.0184. The summed E-state index contributed by atoms with van der Waals surface area (Å²) in [7, 11) is 0. The molecule has 27 heavy (non-hydrogen) atoms. The Bertz CT molecular complexity index is 777. The van der Waals surface area contributed by atoms with Crippen LogP contribution < -0.4 is 10.6 Å². The monoisotopic (exact) mass is 382 g/mol. The van der Waals surface area contributed by atoms with Crippen LogP contribution in [0, 0.1) is 5.92 Å². The standard InChI is InChI=1S/C21H26N4OS/c1-27-19-7-3-2-6-17(19)23-21(26)24-20-16-8-11-25(12-9-16)18(20)13-15-5-4-10-22-14-15/h2-7,10,14,16,18,20H,8-9,11-13H2,1H3,(H2,23,24,26). The predicted octanol–water partition coefficient (Wildman–Crippen LogP) is 3.63. The van der Waals surface area contributed by atoms with Crippen molar-refractivity contribution in [2.75, 3.05) is 24.7 Å². The number of pyridine rings is 1. The number of thioether (sulfide) groups is 1. The Labute approximate surface area is 164 Å². The first-order valence-electron chi connectivity index (χ1n) is 9.58. The number of piperidine rings is 3. The summed E-state index contributed by atoms with van der Waals surface area (Å²) in [6, 6.07) is 12.4. The molecule has 5 nitrogen and oxygen atoms in total. The number of anilines is 1. The van der Waals surface area contributed by atoms with Crippen LogP contribution >= 0.6 is 11.8 Å². The lowest BCUT2D eigenvalue weighted by Gasteiger charge is -2.51. The summed E-state index contributed by atoms with van der Waals surface area (Å²) in [6.07, 6.45) is 9.02. The van der Waals surface area contributed by atoms with Gasteiger partial charge in [-0.25, -0.2) is 4.79 Å². The highest BCUT2D eigenvalue weighted by Crippen LogP contribution is 2.34. The van der Waals surface area contributed by atoms with Crippen molar-refractivity contribution in [1.82, 2.24) is 15.2 Å². The molecule has 1 aromatic heterocycles. The molecule has 3 aliphatic heterocycles. The van der Waals surface area contributed by atoms with Gasteiger partial charge in [-0.1, -0.05) is 18.2 Å². The first-order valence-corrected chi connectivity index (χ1v) is 10.8. The second-order valence-electron chi connectivity index (χ2n) is 7.33. The number of para-hydroxylation sites is 1. The van der Waals surface area contributed by atoms with E-state index in [2.05, 4.69) is 26.6 Å². The number of benzene rings is 1. The van der Waals surface area contributed by atoms with E-state index in [1.807, 2.05) is 49.0 Å². The molecule has 3 saturated heterocycles. The van der Waals surface area contributed by atoms with Gasteiger partial charge in [0.05, 0.1) is 5.69 Å². The van der Waals surface area contributed by atoms with Crippen molar-refractivity contribution in [2.45, 2.75) is 36.2 Å². The third kappa shape index (κ3) is 4.12. The van der Waals surface area contributed by atoms with Gasteiger partial charge < -0.3 is 10.6 Å². The van der Waals surface area contributed by atoms with Gasteiger partial charge >= 0.3 is 6.03 Å². The second-order valence-corrected chi connectivity index (χ2v) is 8.18. The molecule has 5 rings (SSSR count). The molecular formula is C21H26N4OS. The maximum absolute atomic E-state index is 12.8. The van der Waals surface area contributed by atoms with Crippen LogP contribution in [0.2, 0.25) is 0 Å². The Morgan fingerprint density at radius 2 is 2.04 bits per heavy atom. The van der Waals surface area contributed by atoms with Crippen molar-refractivity contribution < 1.29 is 4.79 Å². The number of nitrogens with zero attached hydrogens (tertiary/aromatic N) is 2. The van der Waals surface area contributed by atoms with Gasteiger partial charge in [-0.05, 0) is 68.3 Å². The van der Waals surface area contributed by atoms with E-state index in [9.17, 15) is 4.79 Å². The van der Waals surface area contributed by atoms with Crippen molar-refractivity contribution in [3.05, 3.63) is 54.4 Å². The lowest BCUT2D eigenvalue weighted by atomic mass is 9.77. The number of hydrogen-bond donors (Lipinski definition) is 2. The van der Waals surface area contributed by atoms with Gasteiger partial charge in [-0.3, -0.25) is 9.88 Å². The molecule has 2 N–H and O–H groups in total. The van der Waals surface area contributed by atoms with Crippen molar-refractivity contribution in [1.29, 1.82) is 0 Å². The molecule has 2 atom stereocenters. The number of carbonyl (C=O) groups is 1. The highest BCUT2D eigenvalue weighted by Gasteiger charge is 2.42. The van der Waals surface area contributed by atoms with Crippen LogP contribution in [0.4, 0.5) is 10.5 Å². The summed E-state index contributed by atoms with van der Waals surface area (Å²) < 4.78 is 0. The van der Waals surface area contributed by atoms with Crippen molar-refractivity contribution in [3.8, 4) is 0 Å². The van der Waals surface area contributed by atoms with E-state index in [4.69, 9.17) is 0 Å². The van der Waals surface area contributed by atoms with Crippen LogP contribution in [0.15, 0.2) is 53.7 Å². The summed E-state index contributed by atoms with van der Waals surface area (Å²) in [4.78, 5) is 20.6. The fraction of sp³-hybridized carbons (Fsp3) is 0.429. The van der Waals surface area contributed by atoms with E-state index < -0.39 is 0 Å². The molecule has 3 aliphatic rings. The van der Waals surface area contributed by atoms with Crippen LogP contribution in [0.3, 0.4) is 0 Å². The number of urea groups is 1. The van der Waals surface area contributed by atoms with Crippen LogP contribution in [0.25, 0.3) is 0 Å². The second kappa shape index (κ2) is 8.31. The van der Waals surface area contributed by atoms with Crippen molar-refractivity contribution >= 4 is 23.5 Å². The van der Waals surface area contributed by atoms with E-state index >= 15 is 0 Å². The maximum Gasteiger partial charge on any atom is 0.319 e. The number of amides is 2. The van der Waals surface area contributed by atoms with Gasteiger partial charge in [0.1, 0.15) is 0 Å². The minimum Gasteiger partial charge on any atom is -0.333 e. The first-order chi connectivity index (χ1) is 13.2. The molecule has 2 unspecified atom stereocenters. The molecule has 0 spiro atoms. The number of nitrogens with one attached hydrogen (secondary N) is 2. The normalized spacial score (nSPS) is 26.6. The third-order valence-corrected chi connectivity index (χ3v) is 6.58. The number of hydrogen-bond acceptors (Lipinski definition) is 4. The Morgan fingerprint density at radius 3 is 2.78 bits per heavy atom. The topological polar surface area (TPSA) is 57.3 Å². The van der Waals surface area contributed by atoms with Gasteiger partial charge in [0.2, 0.25) is 0 Å². The molecule has 0 saturated carbocycles. The SMILES string of the molecule is CSc1ccccc1NC(=O)NC1C2CCN(CC2)C1Cc1cccnc1. The van der Waals surface area contributed by atoms with E-state index in [1.54, 1.807) is 11.8 Å². The lowest BCUT2D eigenvalue weighted by Crippen LogP contribution is -2.64. The number of carbonyl (C=O) groups excluding carboxylic acids is 1. The first kappa shape index (κ1) is 18.3. The smallest absolute Gasteiger partial charge is 0.319 e. The Kier molecular flexibility index (Phi) is 5.64. The predicted molar refractivity (Wildman–Crippen MR) is 110 cm³/mol. The summed E-state index contributed by atoms with van der Waals surface area (Å²) in [5, 5.41) is 6.35. The average molecular weight is 383 g/mol. The summed E-state index contributed by atoms with van der Waals surface area (Å²) in [5.41, 5.74) is 2.10. The summed E-state index contributed by atoms with van der Waals surface area (Å²) >= 11 is 1.64. The maximum atomic E-state index is 12.8. The van der Waals surface area contributed by atoms with Crippen LogP contribution in [-0.2, 0) is 6.42 Å². The summed E-state index contributed by atoms with van der Waals surface area (Å²) in [6.45, 7) is 2.26. The number of rotatable bonds is 5. The third-order valence-electron chi connectivity index (χ3n) is 5.79. The molecule has 2 aromatic rings. The zero-order valence-electron chi connectivity index (χ0n) is 15.6. The van der Waals surface area contributed by atoms with Crippen LogP contribution in [0.1, 0.15) is 18.4 Å². The minimum absolute atomic E-state index is 0.105. The number of fused-ring (bicyclic) bond motifs is 3. The van der Waals surface area contributed by atoms with Crippen LogP contribution in [0.5, 0.6) is 0 Å². The molecule has 142 valence electrons. The fourth-order valence-electron chi connectivity index (χ4n) is 4.44. The van der Waals surface area contributed by atoms with E-state index in [0.29, 0.717) is 12.0 Å². The molecule has 1 aromatic carbocycles. The van der Waals surface area contributed by atoms with Gasteiger partial charge in [0.25, 0.3) is 0 Å². The largest absolute Gasteiger partial charge is 0.333 e. The van der Waals surface area contributed by atoms with Gasteiger partial charge in [-0.15, -0.1) is 11.8 Å². The van der Waals surface area contributed by atoms with Gasteiger partial charge in [0, 0.05) is 29.4 Å². The van der Waals surface area contributed by atoms with E-state index in [0.717, 1.165) is 42.9 Å². The molecule has 4 heterocycles. The molecule has 3 fully saturated rings. The quantitative estimate of drug-likeness (QED) is 0.776. The minimum atomic E-state index is -0.105. The Hall–Kier alpha value is -2.05. The molecule has 2 amide bonds. The zero-order valence-corrected chi connectivity index (χ0v) is 16.4. The van der Waals surface area contributed by atoms with Gasteiger partial charge in [-0.2, -0.15) is 0 Å². The number of aromatic nitrogens is 1. The molecule has 0 radical (unpaired) electrons.